The zero-order valence-corrected chi connectivity index (χ0v) is 14.1. The molecule has 0 atom stereocenters. The largest absolute Gasteiger partial charge is 0.397 e. The number of ketones is 2. The van der Waals surface area contributed by atoms with Crippen molar-refractivity contribution in [3.63, 3.8) is 0 Å². The zero-order chi connectivity index (χ0) is 15.1. The van der Waals surface area contributed by atoms with Gasteiger partial charge in [-0.2, -0.15) is 0 Å². The van der Waals surface area contributed by atoms with E-state index in [9.17, 15) is 9.59 Å². The summed E-state index contributed by atoms with van der Waals surface area (Å²) in [5.74, 6) is -0.0463. The lowest BCUT2D eigenvalue weighted by molar-refractivity contribution is -0.128. The smallest absolute Gasteiger partial charge is 0.358 e. The number of rotatable bonds is 10. The predicted molar refractivity (Wildman–Crippen MR) is 78.5 cm³/mol. The fraction of sp³-hybridized carbons (Fsp3) is 0.857. The van der Waals surface area contributed by atoms with Crippen LogP contribution in [-0.2, 0) is 18.4 Å². The van der Waals surface area contributed by atoms with Crippen molar-refractivity contribution in [1.29, 1.82) is 0 Å². The minimum atomic E-state index is -2.85. The van der Waals surface area contributed by atoms with Crippen molar-refractivity contribution in [2.45, 2.75) is 64.5 Å². The molecule has 0 aliphatic heterocycles. The molecule has 0 aromatic rings. The van der Waals surface area contributed by atoms with E-state index in [1.54, 1.807) is 14.2 Å². The first-order valence-corrected chi connectivity index (χ1v) is 9.03. The first kappa shape index (κ1) is 18.5. The Morgan fingerprint density at radius 2 is 1.32 bits per heavy atom. The third kappa shape index (κ3) is 4.23. The van der Waals surface area contributed by atoms with Gasteiger partial charge in [-0.15, -0.1) is 0 Å². The summed E-state index contributed by atoms with van der Waals surface area (Å²) in [6.07, 6.45) is 2.30. The van der Waals surface area contributed by atoms with Gasteiger partial charge < -0.3 is 8.85 Å². The molecule has 0 fully saturated rings. The van der Waals surface area contributed by atoms with Crippen molar-refractivity contribution >= 4 is 20.1 Å². The normalized spacial score (nSPS) is 12.2. The molecule has 0 aromatic carbocycles. The molecule has 112 valence electrons. The molecule has 0 aliphatic carbocycles. The number of hydrogen-bond acceptors (Lipinski definition) is 4. The maximum atomic E-state index is 12.4. The van der Waals surface area contributed by atoms with E-state index in [1.807, 2.05) is 27.7 Å². The third-order valence-corrected chi connectivity index (χ3v) is 7.82. The van der Waals surface area contributed by atoms with Gasteiger partial charge in [0.25, 0.3) is 0 Å². The molecular formula is C14H28O4Si. The Balaban J connectivity index is 5.52. The molecule has 0 unspecified atom stereocenters. The van der Waals surface area contributed by atoms with Gasteiger partial charge in [-0.25, -0.2) is 0 Å². The van der Waals surface area contributed by atoms with Crippen LogP contribution in [0.5, 0.6) is 0 Å². The SMILES string of the molecule is CCCC(=O)C(C(=O)CCC)[Si](OC)(OC)C(C)C. The zero-order valence-electron chi connectivity index (χ0n) is 13.1. The van der Waals surface area contributed by atoms with Gasteiger partial charge in [0.15, 0.2) is 0 Å². The number of hydrogen-bond donors (Lipinski definition) is 0. The second-order valence-electron chi connectivity index (χ2n) is 5.15. The van der Waals surface area contributed by atoms with E-state index in [2.05, 4.69) is 0 Å². The molecule has 4 nitrogen and oxygen atoms in total. The number of carbonyl (C=O) groups is 2. The van der Waals surface area contributed by atoms with E-state index in [-0.39, 0.29) is 17.1 Å². The molecular weight excluding hydrogens is 260 g/mol. The third-order valence-electron chi connectivity index (χ3n) is 3.48. The highest BCUT2D eigenvalue weighted by molar-refractivity contribution is 6.77. The minimum Gasteiger partial charge on any atom is -0.397 e. The summed E-state index contributed by atoms with van der Waals surface area (Å²) >= 11 is 0. The van der Waals surface area contributed by atoms with Crippen LogP contribution in [0.1, 0.15) is 53.4 Å². The summed E-state index contributed by atoms with van der Waals surface area (Å²) in [5.41, 5.74) is -0.642. The maximum Gasteiger partial charge on any atom is 0.358 e. The van der Waals surface area contributed by atoms with Gasteiger partial charge in [-0.05, 0) is 18.4 Å². The Labute approximate surface area is 118 Å². The molecule has 19 heavy (non-hydrogen) atoms. The minimum absolute atomic E-state index is 0.0231. The van der Waals surface area contributed by atoms with E-state index in [0.717, 1.165) is 12.8 Å². The summed E-state index contributed by atoms with van der Waals surface area (Å²) < 4.78 is 11.2. The molecule has 0 N–H and O–H groups in total. The Morgan fingerprint density at radius 3 is 1.53 bits per heavy atom. The summed E-state index contributed by atoms with van der Waals surface area (Å²) in [4.78, 5) is 24.8. The standard InChI is InChI=1S/C14H28O4Si/c1-7-9-12(15)14(13(16)10-8-2)19(17-5,18-6)11(3)4/h11,14H,7-10H2,1-6H3. The maximum absolute atomic E-state index is 12.4. The fourth-order valence-electron chi connectivity index (χ4n) is 2.53. The monoisotopic (exact) mass is 288 g/mol. The van der Waals surface area contributed by atoms with Gasteiger partial charge in [0, 0.05) is 27.1 Å². The molecule has 5 heteroatoms. The highest BCUT2D eigenvalue weighted by Gasteiger charge is 2.53. The predicted octanol–water partition coefficient (Wildman–Crippen LogP) is 3.24. The van der Waals surface area contributed by atoms with Crippen LogP contribution in [0, 0.1) is 0 Å². The van der Waals surface area contributed by atoms with Crippen LogP contribution in [0.2, 0.25) is 11.1 Å². The van der Waals surface area contributed by atoms with E-state index in [0.29, 0.717) is 12.8 Å². The van der Waals surface area contributed by atoms with Crippen molar-refractivity contribution in [3.8, 4) is 0 Å². The molecule has 0 amide bonds. The second kappa shape index (κ2) is 8.61. The Morgan fingerprint density at radius 1 is 0.947 bits per heavy atom. The lowest BCUT2D eigenvalue weighted by atomic mass is 10.1. The van der Waals surface area contributed by atoms with Gasteiger partial charge in [-0.3, -0.25) is 9.59 Å². The van der Waals surface area contributed by atoms with Crippen LogP contribution >= 0.6 is 0 Å². The lowest BCUT2D eigenvalue weighted by Gasteiger charge is -2.36. The van der Waals surface area contributed by atoms with E-state index < -0.39 is 14.1 Å². The van der Waals surface area contributed by atoms with E-state index in [1.165, 1.54) is 0 Å². The van der Waals surface area contributed by atoms with Gasteiger partial charge in [0.2, 0.25) is 0 Å². The average Bonchev–Trinajstić information content (AvgIpc) is 2.35. The topological polar surface area (TPSA) is 52.6 Å². The summed E-state index contributed by atoms with van der Waals surface area (Å²) in [7, 11) is 0.264. The molecule has 0 heterocycles. The first-order chi connectivity index (χ1) is 8.91. The molecule has 0 saturated heterocycles. The van der Waals surface area contributed by atoms with Gasteiger partial charge in [0.05, 0.1) is 0 Å². The molecule has 0 radical (unpaired) electrons. The summed E-state index contributed by atoms with van der Waals surface area (Å²) in [5, 5.41) is 0. The summed E-state index contributed by atoms with van der Waals surface area (Å²) in [6, 6.07) is 0. The van der Waals surface area contributed by atoms with E-state index in [4.69, 9.17) is 8.85 Å². The first-order valence-electron chi connectivity index (χ1n) is 7.06. The van der Waals surface area contributed by atoms with Gasteiger partial charge in [-0.1, -0.05) is 27.7 Å². The highest BCUT2D eigenvalue weighted by atomic mass is 28.4. The molecule has 0 spiro atoms. The number of Topliss-reactive ketones (excluding diaryl/α,β-unsaturated/α-hetero) is 2. The van der Waals surface area contributed by atoms with Crippen molar-refractivity contribution in [1.82, 2.24) is 0 Å². The molecule has 0 rings (SSSR count). The molecule has 0 bridgehead atoms. The lowest BCUT2D eigenvalue weighted by Crippen LogP contribution is -2.53. The highest BCUT2D eigenvalue weighted by Crippen LogP contribution is 2.37. The van der Waals surface area contributed by atoms with Crippen LogP contribution in [-0.4, -0.2) is 34.3 Å². The number of carbonyl (C=O) groups excluding carboxylic acids is 2. The van der Waals surface area contributed by atoms with Crippen molar-refractivity contribution < 1.29 is 18.4 Å². The molecule has 0 aromatic heterocycles. The van der Waals surface area contributed by atoms with Gasteiger partial charge in [0.1, 0.15) is 17.1 Å². The van der Waals surface area contributed by atoms with Crippen molar-refractivity contribution in [2.75, 3.05) is 14.2 Å². The fourth-order valence-corrected chi connectivity index (χ4v) is 5.97. The van der Waals surface area contributed by atoms with Crippen LogP contribution in [0.4, 0.5) is 0 Å². The van der Waals surface area contributed by atoms with Crippen LogP contribution < -0.4 is 0 Å². The van der Waals surface area contributed by atoms with Crippen LogP contribution in [0.3, 0.4) is 0 Å². The Kier molecular flexibility index (Phi) is 8.37. The average molecular weight is 288 g/mol. The Bertz CT molecular complexity index is 280. The summed E-state index contributed by atoms with van der Waals surface area (Å²) in [6.45, 7) is 7.81. The van der Waals surface area contributed by atoms with Crippen LogP contribution in [0.25, 0.3) is 0 Å². The van der Waals surface area contributed by atoms with Gasteiger partial charge >= 0.3 is 8.56 Å². The van der Waals surface area contributed by atoms with E-state index >= 15 is 0 Å². The van der Waals surface area contributed by atoms with Crippen LogP contribution in [0.15, 0.2) is 0 Å². The Hall–Kier alpha value is -0.523. The quantitative estimate of drug-likeness (QED) is 0.457. The second-order valence-corrected chi connectivity index (χ2v) is 9.14. The molecule has 0 saturated carbocycles. The van der Waals surface area contributed by atoms with Crippen molar-refractivity contribution in [2.24, 2.45) is 0 Å². The van der Waals surface area contributed by atoms with Crippen molar-refractivity contribution in [3.05, 3.63) is 0 Å². The molecule has 0 aliphatic rings.